The molecule has 0 spiro atoms. The van der Waals surface area contributed by atoms with Gasteiger partial charge in [-0.1, -0.05) is 0 Å². The van der Waals surface area contributed by atoms with E-state index in [0.717, 1.165) is 5.56 Å². The highest BCUT2D eigenvalue weighted by molar-refractivity contribution is 9.10. The van der Waals surface area contributed by atoms with Crippen LogP contribution in [0.25, 0.3) is 0 Å². The van der Waals surface area contributed by atoms with Gasteiger partial charge in [0.2, 0.25) is 10.0 Å². The molecule has 0 saturated heterocycles. The molecule has 0 aliphatic carbocycles. The number of sulfonamides is 1. The van der Waals surface area contributed by atoms with Crippen molar-refractivity contribution in [2.75, 3.05) is 22.8 Å². The van der Waals surface area contributed by atoms with Gasteiger partial charge in [-0.25, -0.2) is 8.42 Å². The van der Waals surface area contributed by atoms with Crippen molar-refractivity contribution in [1.82, 2.24) is 0 Å². The first-order chi connectivity index (χ1) is 8.75. The molecular formula is C11H15BrN2O4S. The van der Waals surface area contributed by atoms with Crippen molar-refractivity contribution in [3.63, 3.8) is 0 Å². The summed E-state index contributed by atoms with van der Waals surface area (Å²) in [5.41, 5.74) is 7.13. The Bertz CT molecular complexity index is 563. The maximum Gasteiger partial charge on any atom is 0.323 e. The van der Waals surface area contributed by atoms with E-state index >= 15 is 0 Å². The molecule has 3 N–H and O–H groups in total. The van der Waals surface area contributed by atoms with Gasteiger partial charge in [0.25, 0.3) is 0 Å². The number of hydrogen-bond acceptors (Lipinski definition) is 5. The van der Waals surface area contributed by atoms with Gasteiger partial charge < -0.3 is 10.5 Å². The Morgan fingerprint density at radius 1 is 1.47 bits per heavy atom. The largest absolute Gasteiger partial charge is 0.465 e. The molecule has 106 valence electrons. The number of nitrogens with one attached hydrogen (secondary N) is 1. The lowest BCUT2D eigenvalue weighted by Gasteiger charge is -2.12. The van der Waals surface area contributed by atoms with E-state index < -0.39 is 21.7 Å². The lowest BCUT2D eigenvalue weighted by molar-refractivity contribution is -0.139. The third kappa shape index (κ3) is 4.71. The second-order valence-electron chi connectivity index (χ2n) is 3.88. The van der Waals surface area contributed by atoms with Crippen molar-refractivity contribution in [3.05, 3.63) is 22.2 Å². The molecule has 0 radical (unpaired) electrons. The predicted molar refractivity (Wildman–Crippen MR) is 77.3 cm³/mol. The van der Waals surface area contributed by atoms with E-state index in [0.29, 0.717) is 4.47 Å². The molecule has 0 heterocycles. The maximum absolute atomic E-state index is 11.8. The number of nitrogens with two attached hydrogens (primary N) is 1. The summed E-state index contributed by atoms with van der Waals surface area (Å²) in [7, 11) is -3.85. The van der Waals surface area contributed by atoms with Gasteiger partial charge in [0.05, 0.1) is 18.0 Å². The van der Waals surface area contributed by atoms with Crippen LogP contribution in [0, 0.1) is 6.92 Å². The summed E-state index contributed by atoms with van der Waals surface area (Å²) in [6, 6.07) is 3.35. The van der Waals surface area contributed by atoms with Gasteiger partial charge in [-0.3, -0.25) is 9.52 Å². The molecule has 19 heavy (non-hydrogen) atoms. The minimum Gasteiger partial charge on any atom is -0.465 e. The third-order valence-electron chi connectivity index (χ3n) is 2.14. The van der Waals surface area contributed by atoms with Gasteiger partial charge in [-0.05, 0) is 47.5 Å². The number of aryl methyl sites for hydroxylation is 1. The molecule has 0 fully saturated rings. The Labute approximate surface area is 120 Å². The first kappa shape index (κ1) is 15.8. The van der Waals surface area contributed by atoms with Gasteiger partial charge in [-0.15, -0.1) is 0 Å². The molecule has 1 aromatic carbocycles. The van der Waals surface area contributed by atoms with Crippen molar-refractivity contribution in [2.24, 2.45) is 0 Å². The molecule has 0 bridgehead atoms. The van der Waals surface area contributed by atoms with Gasteiger partial charge in [0.15, 0.2) is 5.75 Å². The number of carbonyl (C=O) groups excluding carboxylic acids is 1. The fraction of sp³-hybridized carbons (Fsp3) is 0.364. The second-order valence-corrected chi connectivity index (χ2v) is 6.45. The minimum atomic E-state index is -3.85. The average Bonchev–Trinajstić information content (AvgIpc) is 2.23. The summed E-state index contributed by atoms with van der Waals surface area (Å²) in [5.74, 6) is -1.56. The van der Waals surface area contributed by atoms with Crippen LogP contribution in [0.1, 0.15) is 12.5 Å². The zero-order valence-electron chi connectivity index (χ0n) is 10.6. The zero-order valence-corrected chi connectivity index (χ0v) is 13.0. The Morgan fingerprint density at radius 2 is 2.11 bits per heavy atom. The number of ether oxygens (including phenoxy) is 1. The number of benzene rings is 1. The van der Waals surface area contributed by atoms with Gasteiger partial charge >= 0.3 is 5.97 Å². The van der Waals surface area contributed by atoms with Crippen LogP contribution in [0.5, 0.6) is 0 Å². The normalized spacial score (nSPS) is 11.1. The van der Waals surface area contributed by atoms with Crippen LogP contribution >= 0.6 is 15.9 Å². The van der Waals surface area contributed by atoms with Gasteiger partial charge in [-0.2, -0.15) is 0 Å². The Morgan fingerprint density at radius 3 is 2.63 bits per heavy atom. The van der Waals surface area contributed by atoms with Gasteiger partial charge in [0, 0.05) is 4.47 Å². The Hall–Kier alpha value is -1.28. The molecule has 0 atom stereocenters. The molecule has 8 heteroatoms. The highest BCUT2D eigenvalue weighted by atomic mass is 79.9. The van der Waals surface area contributed by atoms with E-state index in [4.69, 9.17) is 5.73 Å². The van der Waals surface area contributed by atoms with E-state index in [2.05, 4.69) is 25.4 Å². The lowest BCUT2D eigenvalue weighted by atomic mass is 10.2. The molecular weight excluding hydrogens is 336 g/mol. The minimum absolute atomic E-state index is 0.130. The topological polar surface area (TPSA) is 98.5 Å². The number of rotatable bonds is 5. The quantitative estimate of drug-likeness (QED) is 0.621. The molecule has 1 rings (SSSR count). The van der Waals surface area contributed by atoms with Crippen molar-refractivity contribution in [3.8, 4) is 0 Å². The van der Waals surface area contributed by atoms with Crippen LogP contribution in [0.15, 0.2) is 16.6 Å². The van der Waals surface area contributed by atoms with Gasteiger partial charge in [0.1, 0.15) is 0 Å². The number of halogens is 1. The molecule has 0 aliphatic heterocycles. The van der Waals surface area contributed by atoms with E-state index in [1.54, 1.807) is 19.1 Å². The second kappa shape index (κ2) is 6.25. The fourth-order valence-electron chi connectivity index (χ4n) is 1.43. The molecule has 0 saturated carbocycles. The SMILES string of the molecule is CCOC(=O)CS(=O)(=O)Nc1c(N)cc(C)cc1Br. The average molecular weight is 351 g/mol. The zero-order chi connectivity index (χ0) is 14.6. The lowest BCUT2D eigenvalue weighted by Crippen LogP contribution is -2.25. The molecule has 1 aromatic rings. The van der Waals surface area contributed by atoms with Crippen LogP contribution in [-0.4, -0.2) is 26.7 Å². The summed E-state index contributed by atoms with van der Waals surface area (Å²) in [6.45, 7) is 3.56. The van der Waals surface area contributed by atoms with Crippen LogP contribution in [0.2, 0.25) is 0 Å². The van der Waals surface area contributed by atoms with Crippen LogP contribution in [-0.2, 0) is 19.6 Å². The summed E-state index contributed by atoms with van der Waals surface area (Å²) >= 11 is 3.22. The van der Waals surface area contributed by atoms with Crippen molar-refractivity contribution < 1.29 is 17.9 Å². The smallest absolute Gasteiger partial charge is 0.323 e. The molecule has 0 aromatic heterocycles. The van der Waals surface area contributed by atoms with Crippen molar-refractivity contribution in [1.29, 1.82) is 0 Å². The predicted octanol–water partition coefficient (Wildman–Crippen LogP) is 1.64. The highest BCUT2D eigenvalue weighted by Gasteiger charge is 2.19. The van der Waals surface area contributed by atoms with Crippen LogP contribution in [0.4, 0.5) is 11.4 Å². The Balaban J connectivity index is 2.93. The summed E-state index contributed by atoms with van der Waals surface area (Å²) in [6.07, 6.45) is 0. The van der Waals surface area contributed by atoms with E-state index in [1.807, 2.05) is 6.92 Å². The van der Waals surface area contributed by atoms with Crippen molar-refractivity contribution >= 4 is 43.3 Å². The first-order valence-electron chi connectivity index (χ1n) is 5.47. The molecule has 0 unspecified atom stereocenters. The number of hydrogen-bond donors (Lipinski definition) is 2. The maximum atomic E-state index is 11.8. The standard InChI is InChI=1S/C11H15BrN2O4S/c1-3-18-10(15)6-19(16,17)14-11-8(12)4-7(2)5-9(11)13/h4-5,14H,3,6,13H2,1-2H3. The van der Waals surface area contributed by atoms with E-state index in [9.17, 15) is 13.2 Å². The van der Waals surface area contributed by atoms with Crippen LogP contribution in [0.3, 0.4) is 0 Å². The fourth-order valence-corrected chi connectivity index (χ4v) is 3.25. The highest BCUT2D eigenvalue weighted by Crippen LogP contribution is 2.31. The van der Waals surface area contributed by atoms with E-state index in [1.165, 1.54) is 0 Å². The summed E-state index contributed by atoms with van der Waals surface area (Å²) in [4.78, 5) is 11.2. The number of anilines is 2. The Kier molecular flexibility index (Phi) is 5.19. The molecule has 0 amide bonds. The van der Waals surface area contributed by atoms with E-state index in [-0.39, 0.29) is 18.0 Å². The molecule has 0 aliphatic rings. The monoisotopic (exact) mass is 350 g/mol. The number of carbonyl (C=O) groups is 1. The van der Waals surface area contributed by atoms with Crippen LogP contribution < -0.4 is 10.5 Å². The molecule has 6 nitrogen and oxygen atoms in total. The number of esters is 1. The first-order valence-corrected chi connectivity index (χ1v) is 7.91. The summed E-state index contributed by atoms with van der Waals surface area (Å²) < 4.78 is 30.9. The third-order valence-corrected chi connectivity index (χ3v) is 3.89. The van der Waals surface area contributed by atoms with Crippen molar-refractivity contribution in [2.45, 2.75) is 13.8 Å². The number of nitrogen functional groups attached to an aromatic ring is 1. The summed E-state index contributed by atoms with van der Waals surface area (Å²) in [5, 5.41) is 0.